The van der Waals surface area contributed by atoms with Crippen molar-refractivity contribution in [1.82, 2.24) is 5.32 Å². The van der Waals surface area contributed by atoms with Crippen molar-refractivity contribution in [2.24, 2.45) is 0 Å². The molecular weight excluding hydrogens is 224 g/mol. The Morgan fingerprint density at radius 1 is 1.31 bits per heavy atom. The van der Waals surface area contributed by atoms with Gasteiger partial charge in [0.1, 0.15) is 0 Å². The first-order valence-corrected chi connectivity index (χ1v) is 5.49. The van der Waals surface area contributed by atoms with Crippen molar-refractivity contribution in [2.75, 3.05) is 19.0 Å². The zero-order chi connectivity index (χ0) is 12.3. The van der Waals surface area contributed by atoms with Gasteiger partial charge in [0.25, 0.3) is 0 Å². The second-order valence-corrected chi connectivity index (χ2v) is 4.65. The second-order valence-electron chi connectivity index (χ2n) is 4.22. The van der Waals surface area contributed by atoms with Crippen LogP contribution in [0.15, 0.2) is 24.3 Å². The van der Waals surface area contributed by atoms with E-state index < -0.39 is 5.54 Å². The van der Waals surface area contributed by atoms with Crippen molar-refractivity contribution in [2.45, 2.75) is 19.4 Å². The molecule has 0 fully saturated rings. The Balaban J connectivity index is 2.90. The van der Waals surface area contributed by atoms with Gasteiger partial charge in [-0.3, -0.25) is 4.79 Å². The lowest BCUT2D eigenvalue weighted by Crippen LogP contribution is -2.51. The summed E-state index contributed by atoms with van der Waals surface area (Å²) in [5.41, 5.74) is 0.256. The Hall–Kier alpha value is -1.06. The van der Waals surface area contributed by atoms with Crippen molar-refractivity contribution in [3.05, 3.63) is 29.3 Å². The zero-order valence-electron chi connectivity index (χ0n) is 10.0. The van der Waals surface area contributed by atoms with Crippen molar-refractivity contribution in [1.29, 1.82) is 0 Å². The van der Waals surface area contributed by atoms with Gasteiger partial charge in [-0.25, -0.2) is 0 Å². The topological polar surface area (TPSA) is 32.3 Å². The summed E-state index contributed by atoms with van der Waals surface area (Å²) in [5.74, 6) is 0.0114. The zero-order valence-corrected chi connectivity index (χ0v) is 10.8. The molecule has 0 saturated heterocycles. The number of halogens is 1. The number of carbonyl (C=O) groups excluding carboxylic acids is 1. The van der Waals surface area contributed by atoms with Crippen molar-refractivity contribution in [3.63, 3.8) is 0 Å². The standard InChI is InChI=1S/C12H17ClN2O/c1-12(2,14-3)11(16)15(4)10-7-5-9(13)6-8-10/h5-8,14H,1-4H3. The highest BCUT2D eigenvalue weighted by atomic mass is 35.5. The average molecular weight is 241 g/mol. The molecule has 3 nitrogen and oxygen atoms in total. The maximum atomic E-state index is 12.1. The average Bonchev–Trinajstić information content (AvgIpc) is 2.28. The molecule has 1 rings (SSSR count). The third-order valence-electron chi connectivity index (χ3n) is 2.68. The van der Waals surface area contributed by atoms with Gasteiger partial charge in [0.05, 0.1) is 5.54 Å². The minimum atomic E-state index is -0.575. The van der Waals surface area contributed by atoms with Crippen LogP contribution in [0.2, 0.25) is 5.02 Å². The highest BCUT2D eigenvalue weighted by Gasteiger charge is 2.28. The molecule has 0 spiro atoms. The molecule has 0 atom stereocenters. The monoisotopic (exact) mass is 240 g/mol. The first-order valence-electron chi connectivity index (χ1n) is 5.11. The third kappa shape index (κ3) is 2.74. The van der Waals surface area contributed by atoms with E-state index in [1.165, 1.54) is 0 Å². The summed E-state index contributed by atoms with van der Waals surface area (Å²) < 4.78 is 0. The molecule has 88 valence electrons. The van der Waals surface area contributed by atoms with Crippen LogP contribution in [0.25, 0.3) is 0 Å². The first kappa shape index (κ1) is 13.0. The Morgan fingerprint density at radius 2 is 1.81 bits per heavy atom. The lowest BCUT2D eigenvalue weighted by Gasteiger charge is -2.29. The van der Waals surface area contributed by atoms with E-state index >= 15 is 0 Å². The molecule has 1 N–H and O–H groups in total. The Kier molecular flexibility index (Phi) is 3.94. The van der Waals surface area contributed by atoms with Gasteiger partial charge in [0.2, 0.25) is 5.91 Å². The van der Waals surface area contributed by atoms with Crippen molar-refractivity contribution >= 4 is 23.2 Å². The van der Waals surface area contributed by atoms with Crippen LogP contribution in [0.5, 0.6) is 0 Å². The summed E-state index contributed by atoms with van der Waals surface area (Å²) in [7, 11) is 3.53. The Labute approximate surface area is 101 Å². The molecule has 16 heavy (non-hydrogen) atoms. The maximum absolute atomic E-state index is 12.1. The number of anilines is 1. The third-order valence-corrected chi connectivity index (χ3v) is 2.93. The molecule has 0 aliphatic rings. The molecular formula is C12H17ClN2O. The van der Waals surface area contributed by atoms with Gasteiger partial charge < -0.3 is 10.2 Å². The summed E-state index contributed by atoms with van der Waals surface area (Å²) in [6.45, 7) is 3.70. The first-order chi connectivity index (χ1) is 7.38. The Bertz CT molecular complexity index is 373. The van der Waals surface area contributed by atoms with Crippen LogP contribution in [0, 0.1) is 0 Å². The lowest BCUT2D eigenvalue weighted by atomic mass is 10.0. The quantitative estimate of drug-likeness (QED) is 0.880. The van der Waals surface area contributed by atoms with Crippen LogP contribution in [-0.2, 0) is 4.79 Å². The molecule has 0 aliphatic carbocycles. The number of rotatable bonds is 3. The summed E-state index contributed by atoms with van der Waals surface area (Å²) in [6, 6.07) is 7.19. The maximum Gasteiger partial charge on any atom is 0.246 e. The van der Waals surface area contributed by atoms with Gasteiger partial charge in [-0.2, -0.15) is 0 Å². The fourth-order valence-electron chi connectivity index (χ4n) is 1.31. The SMILES string of the molecule is CNC(C)(C)C(=O)N(C)c1ccc(Cl)cc1. The molecule has 0 unspecified atom stereocenters. The number of nitrogens with one attached hydrogen (secondary N) is 1. The lowest BCUT2D eigenvalue weighted by molar-refractivity contribution is -0.123. The van der Waals surface area contributed by atoms with Gasteiger partial charge in [-0.1, -0.05) is 11.6 Å². The minimum Gasteiger partial charge on any atom is -0.314 e. The molecule has 1 aromatic rings. The number of hydrogen-bond acceptors (Lipinski definition) is 2. The summed E-state index contributed by atoms with van der Waals surface area (Å²) in [6.07, 6.45) is 0. The van der Waals surface area contributed by atoms with Crippen LogP contribution in [0.4, 0.5) is 5.69 Å². The van der Waals surface area contributed by atoms with E-state index in [0.717, 1.165) is 5.69 Å². The van der Waals surface area contributed by atoms with E-state index in [-0.39, 0.29) is 5.91 Å². The van der Waals surface area contributed by atoms with E-state index in [2.05, 4.69) is 5.32 Å². The normalized spacial score (nSPS) is 11.3. The predicted molar refractivity (Wildman–Crippen MR) is 68.0 cm³/mol. The van der Waals surface area contributed by atoms with Gasteiger partial charge in [-0.15, -0.1) is 0 Å². The van der Waals surface area contributed by atoms with Gasteiger partial charge in [0, 0.05) is 17.8 Å². The number of amides is 1. The van der Waals surface area contributed by atoms with Crippen LogP contribution in [-0.4, -0.2) is 25.5 Å². The fourth-order valence-corrected chi connectivity index (χ4v) is 1.43. The highest BCUT2D eigenvalue weighted by Crippen LogP contribution is 2.19. The number of nitrogens with zero attached hydrogens (tertiary/aromatic N) is 1. The van der Waals surface area contributed by atoms with Crippen LogP contribution >= 0.6 is 11.6 Å². The van der Waals surface area contributed by atoms with Gasteiger partial charge in [0.15, 0.2) is 0 Å². The molecule has 0 heterocycles. The smallest absolute Gasteiger partial charge is 0.246 e. The van der Waals surface area contributed by atoms with Crippen molar-refractivity contribution < 1.29 is 4.79 Å². The van der Waals surface area contributed by atoms with Gasteiger partial charge >= 0.3 is 0 Å². The van der Waals surface area contributed by atoms with E-state index in [4.69, 9.17) is 11.6 Å². The highest BCUT2D eigenvalue weighted by molar-refractivity contribution is 6.30. The molecule has 1 amide bonds. The molecule has 0 aliphatic heterocycles. The van der Waals surface area contributed by atoms with Crippen LogP contribution in [0.3, 0.4) is 0 Å². The molecule has 0 radical (unpaired) electrons. The number of benzene rings is 1. The fraction of sp³-hybridized carbons (Fsp3) is 0.417. The summed E-state index contributed by atoms with van der Waals surface area (Å²) in [5, 5.41) is 3.65. The summed E-state index contributed by atoms with van der Waals surface area (Å²) in [4.78, 5) is 13.7. The number of hydrogen-bond donors (Lipinski definition) is 1. The van der Waals surface area contributed by atoms with Gasteiger partial charge in [-0.05, 0) is 45.2 Å². The largest absolute Gasteiger partial charge is 0.314 e. The van der Waals surface area contributed by atoms with Crippen LogP contribution in [0.1, 0.15) is 13.8 Å². The molecule has 0 bridgehead atoms. The molecule has 4 heteroatoms. The van der Waals surface area contributed by atoms with Crippen molar-refractivity contribution in [3.8, 4) is 0 Å². The van der Waals surface area contributed by atoms with Crippen LogP contribution < -0.4 is 10.2 Å². The van der Waals surface area contributed by atoms with E-state index in [1.807, 2.05) is 26.0 Å². The molecule has 0 saturated carbocycles. The molecule has 1 aromatic carbocycles. The Morgan fingerprint density at radius 3 is 2.25 bits per heavy atom. The number of likely N-dealkylation sites (N-methyl/N-ethyl adjacent to an activating group) is 2. The summed E-state index contributed by atoms with van der Waals surface area (Å²) >= 11 is 5.80. The molecule has 0 aromatic heterocycles. The van der Waals surface area contributed by atoms with E-state index in [1.54, 1.807) is 31.1 Å². The number of carbonyl (C=O) groups is 1. The minimum absolute atomic E-state index is 0.0114. The van der Waals surface area contributed by atoms with E-state index in [0.29, 0.717) is 5.02 Å². The van der Waals surface area contributed by atoms with E-state index in [9.17, 15) is 4.79 Å². The second kappa shape index (κ2) is 4.85. The predicted octanol–water partition coefficient (Wildman–Crippen LogP) is 2.30.